The van der Waals surface area contributed by atoms with E-state index in [1.54, 1.807) is 36.3 Å². The molecule has 188 valence electrons. The molecule has 8 nitrogen and oxygen atoms in total. The third-order valence-corrected chi connectivity index (χ3v) is 6.70. The summed E-state index contributed by atoms with van der Waals surface area (Å²) in [5, 5.41) is 3.00. The van der Waals surface area contributed by atoms with Crippen LogP contribution in [0, 0.1) is 5.41 Å². The van der Waals surface area contributed by atoms with Gasteiger partial charge in [-0.15, -0.1) is 0 Å². The Bertz CT molecular complexity index is 885. The van der Waals surface area contributed by atoms with Gasteiger partial charge in [0.15, 0.2) is 0 Å². The first-order valence-corrected chi connectivity index (χ1v) is 12.2. The molecule has 2 aliphatic heterocycles. The standard InChI is InChI=1S/C26H39N3O5/c1-7-18(2)27-23(31)21-17-34-26(12-14-28(15-13-26)22(30)16-25(3,4)5)29(21)24(32)19-8-10-20(33-6)11-9-19/h8-11,18,21H,7,12-17H2,1-6H3,(H,27,31)/t18-,21-/m1/s1. The SMILES string of the molecule is CC[C@@H](C)NC(=O)[C@H]1COC2(CCN(C(=O)CC(C)(C)C)CC2)N1C(=O)c1ccc(OC)cc1. The highest BCUT2D eigenvalue weighted by molar-refractivity contribution is 5.98. The Balaban J connectivity index is 1.84. The molecule has 0 bridgehead atoms. The highest BCUT2D eigenvalue weighted by atomic mass is 16.5. The van der Waals surface area contributed by atoms with Crippen LogP contribution >= 0.6 is 0 Å². The lowest BCUT2D eigenvalue weighted by Gasteiger charge is -2.45. The van der Waals surface area contributed by atoms with Crippen LogP contribution in [-0.2, 0) is 14.3 Å². The molecular weight excluding hydrogens is 434 g/mol. The third-order valence-electron chi connectivity index (χ3n) is 6.70. The van der Waals surface area contributed by atoms with E-state index < -0.39 is 11.8 Å². The summed E-state index contributed by atoms with van der Waals surface area (Å²) in [6.45, 7) is 11.2. The fourth-order valence-electron chi connectivity index (χ4n) is 4.55. The number of nitrogens with one attached hydrogen (secondary N) is 1. The van der Waals surface area contributed by atoms with E-state index in [1.165, 1.54) is 0 Å². The molecule has 1 aromatic carbocycles. The van der Waals surface area contributed by atoms with E-state index in [9.17, 15) is 14.4 Å². The second-order valence-electron chi connectivity index (χ2n) is 10.6. The summed E-state index contributed by atoms with van der Waals surface area (Å²) in [7, 11) is 1.57. The number of methoxy groups -OCH3 is 1. The van der Waals surface area contributed by atoms with E-state index in [4.69, 9.17) is 9.47 Å². The van der Waals surface area contributed by atoms with Crippen LogP contribution < -0.4 is 10.1 Å². The Morgan fingerprint density at radius 3 is 2.32 bits per heavy atom. The number of piperidine rings is 1. The molecule has 0 radical (unpaired) electrons. The molecule has 0 aromatic heterocycles. The maximum atomic E-state index is 13.7. The summed E-state index contributed by atoms with van der Waals surface area (Å²) in [5.74, 6) is 0.304. The molecule has 0 unspecified atom stereocenters. The van der Waals surface area contributed by atoms with E-state index >= 15 is 0 Å². The van der Waals surface area contributed by atoms with Gasteiger partial charge < -0.3 is 19.7 Å². The minimum absolute atomic E-state index is 0.00106. The van der Waals surface area contributed by atoms with Crippen LogP contribution in [0.4, 0.5) is 0 Å². The molecule has 2 fully saturated rings. The first-order chi connectivity index (χ1) is 16.0. The van der Waals surface area contributed by atoms with Gasteiger partial charge in [0.1, 0.15) is 17.5 Å². The highest BCUT2D eigenvalue weighted by Gasteiger charge is 2.54. The molecule has 3 rings (SSSR count). The average molecular weight is 474 g/mol. The highest BCUT2D eigenvalue weighted by Crippen LogP contribution is 2.39. The van der Waals surface area contributed by atoms with Crippen molar-refractivity contribution in [3.8, 4) is 5.75 Å². The van der Waals surface area contributed by atoms with Gasteiger partial charge in [-0.2, -0.15) is 0 Å². The van der Waals surface area contributed by atoms with Gasteiger partial charge in [0.05, 0.1) is 13.7 Å². The number of hydrogen-bond donors (Lipinski definition) is 1. The summed E-state index contributed by atoms with van der Waals surface area (Å²) < 4.78 is 11.5. The Labute approximate surface area is 202 Å². The number of likely N-dealkylation sites (tertiary alicyclic amines) is 1. The lowest BCUT2D eigenvalue weighted by Crippen LogP contribution is -2.60. The number of carbonyl (C=O) groups is 3. The fraction of sp³-hybridized carbons (Fsp3) is 0.654. The van der Waals surface area contributed by atoms with Crippen molar-refractivity contribution in [3.63, 3.8) is 0 Å². The average Bonchev–Trinajstić information content (AvgIpc) is 3.16. The fourth-order valence-corrected chi connectivity index (χ4v) is 4.55. The molecule has 3 amide bonds. The Morgan fingerprint density at radius 2 is 1.79 bits per heavy atom. The number of rotatable bonds is 6. The van der Waals surface area contributed by atoms with Crippen molar-refractivity contribution in [1.82, 2.24) is 15.1 Å². The van der Waals surface area contributed by atoms with Crippen LogP contribution in [0.2, 0.25) is 0 Å². The van der Waals surface area contributed by atoms with Crippen LogP contribution in [-0.4, -0.2) is 72.1 Å². The van der Waals surface area contributed by atoms with Crippen molar-refractivity contribution in [2.75, 3.05) is 26.8 Å². The van der Waals surface area contributed by atoms with E-state index in [2.05, 4.69) is 5.32 Å². The lowest BCUT2D eigenvalue weighted by atomic mass is 9.90. The number of nitrogens with zero attached hydrogens (tertiary/aromatic N) is 2. The van der Waals surface area contributed by atoms with Gasteiger partial charge in [-0.3, -0.25) is 19.3 Å². The summed E-state index contributed by atoms with van der Waals surface area (Å²) in [6.07, 6.45) is 2.20. The molecule has 2 atom stereocenters. The molecule has 2 heterocycles. The predicted molar refractivity (Wildman–Crippen MR) is 129 cm³/mol. The van der Waals surface area contributed by atoms with Gasteiger partial charge in [-0.25, -0.2) is 0 Å². The van der Waals surface area contributed by atoms with Gasteiger partial charge in [0.2, 0.25) is 11.8 Å². The third kappa shape index (κ3) is 5.71. The Hall–Kier alpha value is -2.61. The quantitative estimate of drug-likeness (QED) is 0.686. The number of benzene rings is 1. The van der Waals surface area contributed by atoms with Crippen LogP contribution in [0.3, 0.4) is 0 Å². The maximum absolute atomic E-state index is 13.7. The zero-order valence-corrected chi connectivity index (χ0v) is 21.3. The Kier molecular flexibility index (Phi) is 7.91. The van der Waals surface area contributed by atoms with Crippen LogP contribution in [0.1, 0.15) is 70.7 Å². The number of carbonyl (C=O) groups excluding carboxylic acids is 3. The zero-order chi connectivity index (χ0) is 25.1. The lowest BCUT2D eigenvalue weighted by molar-refractivity contribution is -0.145. The molecule has 0 aliphatic carbocycles. The van der Waals surface area contributed by atoms with E-state index in [1.807, 2.05) is 39.5 Å². The molecule has 1 N–H and O–H groups in total. The zero-order valence-electron chi connectivity index (χ0n) is 21.3. The first kappa shape index (κ1) is 26.0. The second-order valence-corrected chi connectivity index (χ2v) is 10.6. The summed E-state index contributed by atoms with van der Waals surface area (Å²) >= 11 is 0. The van der Waals surface area contributed by atoms with Crippen molar-refractivity contribution < 1.29 is 23.9 Å². The number of amides is 3. The Morgan fingerprint density at radius 1 is 1.18 bits per heavy atom. The van der Waals surface area contributed by atoms with Crippen molar-refractivity contribution in [2.45, 2.75) is 78.1 Å². The normalized spacial score (nSPS) is 20.8. The summed E-state index contributed by atoms with van der Waals surface area (Å²) in [6, 6.07) is 6.16. The van der Waals surface area contributed by atoms with Gasteiger partial charge >= 0.3 is 0 Å². The van der Waals surface area contributed by atoms with Crippen molar-refractivity contribution in [3.05, 3.63) is 29.8 Å². The summed E-state index contributed by atoms with van der Waals surface area (Å²) in [5.41, 5.74) is -0.531. The summed E-state index contributed by atoms with van der Waals surface area (Å²) in [4.78, 5) is 43.1. The van der Waals surface area contributed by atoms with Crippen LogP contribution in [0.5, 0.6) is 5.75 Å². The molecule has 2 saturated heterocycles. The predicted octanol–water partition coefficient (Wildman–Crippen LogP) is 3.21. The molecule has 34 heavy (non-hydrogen) atoms. The van der Waals surface area contributed by atoms with E-state index in [0.29, 0.717) is 43.7 Å². The smallest absolute Gasteiger partial charge is 0.256 e. The van der Waals surface area contributed by atoms with Gasteiger partial charge in [-0.1, -0.05) is 27.7 Å². The number of hydrogen-bond acceptors (Lipinski definition) is 5. The molecule has 1 spiro atoms. The largest absolute Gasteiger partial charge is 0.497 e. The van der Waals surface area contributed by atoms with Gasteiger partial charge in [-0.05, 0) is 43.0 Å². The minimum Gasteiger partial charge on any atom is -0.497 e. The van der Waals surface area contributed by atoms with Crippen molar-refractivity contribution in [1.29, 1.82) is 0 Å². The van der Waals surface area contributed by atoms with Crippen molar-refractivity contribution in [2.24, 2.45) is 5.41 Å². The molecule has 1 aromatic rings. The van der Waals surface area contributed by atoms with Crippen LogP contribution in [0.25, 0.3) is 0 Å². The van der Waals surface area contributed by atoms with Crippen LogP contribution in [0.15, 0.2) is 24.3 Å². The van der Waals surface area contributed by atoms with E-state index in [-0.39, 0.29) is 35.8 Å². The van der Waals surface area contributed by atoms with Gasteiger partial charge in [0, 0.05) is 44.0 Å². The minimum atomic E-state index is -0.910. The molecule has 8 heteroatoms. The molecular formula is C26H39N3O5. The molecule has 2 aliphatic rings. The number of ether oxygens (including phenoxy) is 2. The topological polar surface area (TPSA) is 88.2 Å². The monoisotopic (exact) mass is 473 g/mol. The first-order valence-electron chi connectivity index (χ1n) is 12.2. The molecule has 0 saturated carbocycles. The second kappa shape index (κ2) is 10.3. The maximum Gasteiger partial charge on any atom is 0.256 e. The van der Waals surface area contributed by atoms with E-state index in [0.717, 1.165) is 6.42 Å². The van der Waals surface area contributed by atoms with Gasteiger partial charge in [0.25, 0.3) is 5.91 Å². The van der Waals surface area contributed by atoms with Crippen molar-refractivity contribution >= 4 is 17.7 Å².